The molecule has 11 heteroatoms. The van der Waals surface area contributed by atoms with Gasteiger partial charge in [-0.2, -0.15) is 0 Å². The molecule has 0 spiro atoms. The molecule has 3 heterocycles. The first-order chi connectivity index (χ1) is 13.3. The Labute approximate surface area is 163 Å². The van der Waals surface area contributed by atoms with Crippen LogP contribution in [0.4, 0.5) is 8.78 Å². The van der Waals surface area contributed by atoms with Gasteiger partial charge >= 0.3 is 11.9 Å². The molecule has 1 saturated heterocycles. The number of aromatic nitrogens is 1. The van der Waals surface area contributed by atoms with Gasteiger partial charge < -0.3 is 15.2 Å². The lowest BCUT2D eigenvalue weighted by molar-refractivity contribution is -0.151. The van der Waals surface area contributed by atoms with E-state index >= 15 is 0 Å². The summed E-state index contributed by atoms with van der Waals surface area (Å²) in [6.07, 6.45) is 0.946. The molecule has 2 aliphatic heterocycles. The van der Waals surface area contributed by atoms with E-state index in [0.717, 1.165) is 0 Å². The van der Waals surface area contributed by atoms with E-state index in [1.54, 1.807) is 18.5 Å². The van der Waals surface area contributed by atoms with Crippen molar-refractivity contribution in [2.45, 2.75) is 31.7 Å². The van der Waals surface area contributed by atoms with Crippen molar-refractivity contribution < 1.29 is 28.2 Å². The first-order valence-corrected chi connectivity index (χ1v) is 9.64. The number of amidine groups is 1. The number of piperidine rings is 1. The Morgan fingerprint density at radius 2 is 2.29 bits per heavy atom. The summed E-state index contributed by atoms with van der Waals surface area (Å²) in [5, 5.41) is 14.7. The lowest BCUT2D eigenvalue weighted by Crippen LogP contribution is -2.54. The molecule has 1 unspecified atom stereocenters. The fourth-order valence-corrected chi connectivity index (χ4v) is 3.78. The minimum atomic E-state index is -2.99. The number of carboxylic acid groups (broad SMARTS) is 1. The van der Waals surface area contributed by atoms with Crippen LogP contribution in [0.2, 0.25) is 0 Å². The maximum absolute atomic E-state index is 13.9. The summed E-state index contributed by atoms with van der Waals surface area (Å²) in [4.78, 5) is 33.5. The number of aliphatic carboxylic acids is 1. The number of nitrogens with zero attached hydrogens (tertiary/aromatic N) is 3. The lowest BCUT2D eigenvalue weighted by Gasteiger charge is -2.38. The van der Waals surface area contributed by atoms with Crippen LogP contribution in [0.3, 0.4) is 0 Å². The van der Waals surface area contributed by atoms with Gasteiger partial charge in [-0.25, -0.2) is 18.6 Å². The SMILES string of the molecule is CCOC(=O)C1=C(CN2CC(F)(F)CCC2C(=O)O)NC(c2nccs2)=NC1. The predicted molar refractivity (Wildman–Crippen MR) is 97.5 cm³/mol. The summed E-state index contributed by atoms with van der Waals surface area (Å²) < 4.78 is 32.9. The van der Waals surface area contributed by atoms with Crippen LogP contribution in [0.5, 0.6) is 0 Å². The average Bonchev–Trinajstić information content (AvgIpc) is 3.15. The molecular formula is C17H20F2N4O4S. The summed E-state index contributed by atoms with van der Waals surface area (Å²) in [6.45, 7) is 0.945. The van der Waals surface area contributed by atoms with E-state index in [0.29, 0.717) is 16.5 Å². The number of ether oxygens (including phenoxy) is 1. The van der Waals surface area contributed by atoms with E-state index in [2.05, 4.69) is 15.3 Å². The second kappa shape index (κ2) is 8.31. The van der Waals surface area contributed by atoms with Crippen molar-refractivity contribution in [3.63, 3.8) is 0 Å². The number of aliphatic imine (C=N–C) groups is 1. The molecule has 0 saturated carbocycles. The number of hydrogen-bond acceptors (Lipinski definition) is 8. The molecule has 0 aromatic carbocycles. The Morgan fingerprint density at radius 3 is 2.93 bits per heavy atom. The van der Waals surface area contributed by atoms with E-state index in [1.807, 2.05) is 0 Å². The molecule has 1 aromatic heterocycles. The van der Waals surface area contributed by atoms with Crippen LogP contribution in [0.15, 0.2) is 27.8 Å². The van der Waals surface area contributed by atoms with E-state index in [-0.39, 0.29) is 31.7 Å². The minimum Gasteiger partial charge on any atom is -0.480 e. The Balaban J connectivity index is 1.88. The molecular weight excluding hydrogens is 394 g/mol. The Bertz CT molecular complexity index is 810. The monoisotopic (exact) mass is 414 g/mol. The highest BCUT2D eigenvalue weighted by Gasteiger charge is 2.43. The molecule has 0 bridgehead atoms. The van der Waals surface area contributed by atoms with Gasteiger partial charge in [-0.15, -0.1) is 11.3 Å². The molecule has 2 aliphatic rings. The second-order valence-electron chi connectivity index (χ2n) is 6.46. The quantitative estimate of drug-likeness (QED) is 0.680. The molecule has 28 heavy (non-hydrogen) atoms. The molecule has 0 amide bonds. The highest BCUT2D eigenvalue weighted by molar-refractivity contribution is 7.11. The number of alkyl halides is 2. The third kappa shape index (κ3) is 4.53. The van der Waals surface area contributed by atoms with Crippen LogP contribution in [0.25, 0.3) is 0 Å². The fraction of sp³-hybridized carbons (Fsp3) is 0.529. The van der Waals surface area contributed by atoms with Gasteiger partial charge in [0.05, 0.1) is 25.3 Å². The van der Waals surface area contributed by atoms with Crippen molar-refractivity contribution in [3.8, 4) is 0 Å². The van der Waals surface area contributed by atoms with Crippen molar-refractivity contribution in [1.82, 2.24) is 15.2 Å². The highest BCUT2D eigenvalue weighted by Crippen LogP contribution is 2.31. The summed E-state index contributed by atoms with van der Waals surface area (Å²) in [5.41, 5.74) is 0.503. The normalized spacial score (nSPS) is 22.4. The maximum Gasteiger partial charge on any atom is 0.337 e. The number of rotatable bonds is 6. The Hall–Kier alpha value is -2.40. The Kier molecular flexibility index (Phi) is 6.04. The second-order valence-corrected chi connectivity index (χ2v) is 7.35. The van der Waals surface area contributed by atoms with Crippen LogP contribution in [-0.2, 0) is 14.3 Å². The zero-order valence-corrected chi connectivity index (χ0v) is 16.0. The number of carbonyl (C=O) groups excluding carboxylic acids is 1. The van der Waals surface area contributed by atoms with E-state index in [4.69, 9.17) is 4.74 Å². The van der Waals surface area contributed by atoms with E-state index < -0.39 is 36.9 Å². The molecule has 0 radical (unpaired) electrons. The largest absolute Gasteiger partial charge is 0.480 e. The summed E-state index contributed by atoms with van der Waals surface area (Å²) in [5.74, 6) is -4.35. The van der Waals surface area contributed by atoms with Crippen molar-refractivity contribution in [2.75, 3.05) is 26.2 Å². The van der Waals surface area contributed by atoms with E-state index in [9.17, 15) is 23.5 Å². The van der Waals surface area contributed by atoms with Crippen LogP contribution in [0, 0.1) is 0 Å². The van der Waals surface area contributed by atoms with Gasteiger partial charge in [0.2, 0.25) is 0 Å². The number of esters is 1. The zero-order valence-electron chi connectivity index (χ0n) is 15.2. The first kappa shape index (κ1) is 20.3. The number of nitrogens with one attached hydrogen (secondary N) is 1. The van der Waals surface area contributed by atoms with Crippen LogP contribution < -0.4 is 5.32 Å². The molecule has 8 nitrogen and oxygen atoms in total. The number of likely N-dealkylation sites (tertiary alicyclic amines) is 1. The van der Waals surface area contributed by atoms with Gasteiger partial charge in [0, 0.05) is 30.2 Å². The van der Waals surface area contributed by atoms with Crippen molar-refractivity contribution in [3.05, 3.63) is 27.9 Å². The standard InChI is InChI=1S/C17H20F2N4O4S/c1-2-27-16(26)10-7-21-13(14-20-5-6-28-14)22-11(10)8-23-9-17(18,19)4-3-12(23)15(24)25/h5-6,12H,2-4,7-9H2,1H3,(H,21,22)(H,24,25). The minimum absolute atomic E-state index is 0.00193. The molecule has 0 aliphatic carbocycles. The lowest BCUT2D eigenvalue weighted by atomic mass is 9.98. The van der Waals surface area contributed by atoms with Gasteiger partial charge in [0.1, 0.15) is 6.04 Å². The molecule has 1 aromatic rings. The highest BCUT2D eigenvalue weighted by atomic mass is 32.1. The van der Waals surface area contributed by atoms with Crippen LogP contribution in [0.1, 0.15) is 24.8 Å². The number of thiazole rings is 1. The summed E-state index contributed by atoms with van der Waals surface area (Å²) >= 11 is 1.33. The number of carboxylic acids is 1. The first-order valence-electron chi connectivity index (χ1n) is 8.76. The predicted octanol–water partition coefficient (Wildman–Crippen LogP) is 1.49. The van der Waals surface area contributed by atoms with Gasteiger partial charge in [0.15, 0.2) is 10.8 Å². The van der Waals surface area contributed by atoms with Crippen molar-refractivity contribution in [2.24, 2.45) is 4.99 Å². The fourth-order valence-electron chi connectivity index (χ4n) is 3.18. The van der Waals surface area contributed by atoms with Crippen LogP contribution >= 0.6 is 11.3 Å². The third-order valence-corrected chi connectivity index (χ3v) is 5.27. The molecule has 1 atom stereocenters. The average molecular weight is 414 g/mol. The van der Waals surface area contributed by atoms with Crippen LogP contribution in [-0.4, -0.2) is 71.0 Å². The van der Waals surface area contributed by atoms with Gasteiger partial charge in [0.25, 0.3) is 5.92 Å². The van der Waals surface area contributed by atoms with E-state index in [1.165, 1.54) is 16.2 Å². The topological polar surface area (TPSA) is 104 Å². The number of carbonyl (C=O) groups is 2. The number of hydrogen-bond donors (Lipinski definition) is 2. The number of halogens is 2. The Morgan fingerprint density at radius 1 is 1.50 bits per heavy atom. The molecule has 3 rings (SSSR count). The third-order valence-electron chi connectivity index (χ3n) is 4.49. The molecule has 2 N–H and O–H groups in total. The molecule has 152 valence electrons. The maximum atomic E-state index is 13.9. The summed E-state index contributed by atoms with van der Waals surface area (Å²) in [7, 11) is 0. The van der Waals surface area contributed by atoms with Crippen molar-refractivity contribution in [1.29, 1.82) is 0 Å². The zero-order chi connectivity index (χ0) is 20.3. The van der Waals surface area contributed by atoms with Gasteiger partial charge in [-0.3, -0.25) is 14.7 Å². The van der Waals surface area contributed by atoms with Crippen molar-refractivity contribution >= 4 is 29.1 Å². The van der Waals surface area contributed by atoms with Gasteiger partial charge in [-0.05, 0) is 13.3 Å². The smallest absolute Gasteiger partial charge is 0.337 e. The summed E-state index contributed by atoms with van der Waals surface area (Å²) in [6, 6.07) is -1.06. The molecule has 1 fully saturated rings. The van der Waals surface area contributed by atoms with Gasteiger partial charge in [-0.1, -0.05) is 0 Å².